The molecular formula is C8H14B2O5. The van der Waals surface area contributed by atoms with Crippen molar-refractivity contribution < 1.29 is 23.6 Å². The van der Waals surface area contributed by atoms with Gasteiger partial charge in [-0.3, -0.25) is 9.59 Å². The van der Waals surface area contributed by atoms with Gasteiger partial charge in [-0.05, 0) is 12.6 Å². The molecule has 0 heterocycles. The van der Waals surface area contributed by atoms with E-state index in [9.17, 15) is 9.59 Å². The van der Waals surface area contributed by atoms with Crippen molar-refractivity contribution in [3.8, 4) is 0 Å². The molecule has 0 unspecified atom stereocenters. The first-order valence-corrected chi connectivity index (χ1v) is 4.68. The van der Waals surface area contributed by atoms with Crippen LogP contribution >= 0.6 is 0 Å². The zero-order valence-electron chi connectivity index (χ0n) is 9.02. The minimum absolute atomic E-state index is 0.303. The van der Waals surface area contributed by atoms with Crippen LogP contribution in [-0.4, -0.2) is 40.1 Å². The molecule has 0 atom stereocenters. The zero-order valence-corrected chi connectivity index (χ0v) is 9.02. The van der Waals surface area contributed by atoms with Gasteiger partial charge in [-0.2, -0.15) is 0 Å². The molecule has 0 aromatic rings. The monoisotopic (exact) mass is 212 g/mol. The van der Waals surface area contributed by atoms with E-state index in [1.165, 1.54) is 28.8 Å². The first-order chi connectivity index (χ1) is 7.13. The van der Waals surface area contributed by atoms with Crippen LogP contribution in [0.15, 0.2) is 0 Å². The Kier molecular flexibility index (Phi) is 8.96. The van der Waals surface area contributed by atoms with Crippen molar-refractivity contribution in [3.05, 3.63) is 0 Å². The number of carbonyl (C=O) groups is 2. The van der Waals surface area contributed by atoms with Crippen molar-refractivity contribution in [2.24, 2.45) is 0 Å². The summed E-state index contributed by atoms with van der Waals surface area (Å²) in [5.74, 6) is -0.607. The van der Waals surface area contributed by atoms with E-state index in [0.29, 0.717) is 25.9 Å². The average Bonchev–Trinajstić information content (AvgIpc) is 2.14. The fraction of sp³-hybridized carbons (Fsp3) is 0.750. The van der Waals surface area contributed by atoms with E-state index >= 15 is 0 Å². The van der Waals surface area contributed by atoms with E-state index in [1.54, 1.807) is 0 Å². The zero-order chi connectivity index (χ0) is 11.5. The summed E-state index contributed by atoms with van der Waals surface area (Å²) in [5, 5.41) is 0. The lowest BCUT2D eigenvalue weighted by molar-refractivity contribution is -0.141. The van der Waals surface area contributed by atoms with E-state index in [1.807, 2.05) is 0 Å². The highest BCUT2D eigenvalue weighted by molar-refractivity contribution is 6.42. The average molecular weight is 212 g/mol. The predicted molar refractivity (Wildman–Crippen MR) is 55.5 cm³/mol. The van der Waals surface area contributed by atoms with E-state index in [2.05, 4.69) is 9.47 Å². The molecule has 0 saturated carbocycles. The third-order valence-electron chi connectivity index (χ3n) is 1.27. The molecule has 0 N–H and O–H groups in total. The first-order valence-electron chi connectivity index (χ1n) is 4.68. The number of rotatable bonds is 8. The quantitative estimate of drug-likeness (QED) is 0.326. The van der Waals surface area contributed by atoms with Crippen LogP contribution in [0.2, 0.25) is 12.6 Å². The molecule has 5 nitrogen and oxygen atoms in total. The number of esters is 2. The van der Waals surface area contributed by atoms with Gasteiger partial charge in [0.1, 0.15) is 0 Å². The van der Waals surface area contributed by atoms with Crippen LogP contribution in [0.25, 0.3) is 0 Å². The number of hydrogen-bond acceptors (Lipinski definition) is 5. The molecule has 0 saturated heterocycles. The van der Waals surface area contributed by atoms with Gasteiger partial charge < -0.3 is 14.0 Å². The van der Waals surface area contributed by atoms with Crippen LogP contribution < -0.4 is 0 Å². The number of carbonyl (C=O) groups excluding carboxylic acids is 2. The van der Waals surface area contributed by atoms with Gasteiger partial charge >= 0.3 is 11.9 Å². The smallest absolute Gasteiger partial charge is 0.302 e. The topological polar surface area (TPSA) is 61.8 Å². The fourth-order valence-electron chi connectivity index (χ4n) is 0.706. The van der Waals surface area contributed by atoms with Crippen molar-refractivity contribution in [2.45, 2.75) is 26.5 Å². The fourth-order valence-corrected chi connectivity index (χ4v) is 0.706. The maximum absolute atomic E-state index is 10.3. The maximum Gasteiger partial charge on any atom is 0.302 e. The number of ether oxygens (including phenoxy) is 2. The molecule has 2 radical (unpaired) electrons. The SMILES string of the molecule is CC(=O)OCC[B]O[B]CCOC(C)=O. The summed E-state index contributed by atoms with van der Waals surface area (Å²) in [7, 11) is 3.05. The highest BCUT2D eigenvalue weighted by Crippen LogP contribution is 1.87. The lowest BCUT2D eigenvalue weighted by atomic mass is 9.87. The van der Waals surface area contributed by atoms with Crippen molar-refractivity contribution in [3.63, 3.8) is 0 Å². The molecule has 0 aliphatic carbocycles. The Morgan fingerprint density at radius 3 is 1.67 bits per heavy atom. The van der Waals surface area contributed by atoms with Gasteiger partial charge in [0.2, 0.25) is 0 Å². The van der Waals surface area contributed by atoms with Gasteiger partial charge in [0.05, 0.1) is 13.2 Å². The van der Waals surface area contributed by atoms with E-state index < -0.39 is 0 Å². The van der Waals surface area contributed by atoms with E-state index in [-0.39, 0.29) is 11.9 Å². The Morgan fingerprint density at radius 1 is 0.933 bits per heavy atom. The van der Waals surface area contributed by atoms with Gasteiger partial charge in [-0.15, -0.1) is 0 Å². The van der Waals surface area contributed by atoms with Gasteiger partial charge in [-0.25, -0.2) is 0 Å². The molecule has 15 heavy (non-hydrogen) atoms. The minimum atomic E-state index is -0.303. The van der Waals surface area contributed by atoms with Gasteiger partial charge in [0.25, 0.3) is 15.0 Å². The number of hydrogen-bond donors (Lipinski definition) is 0. The molecule has 0 fully saturated rings. The Balaban J connectivity index is 2.99. The third kappa shape index (κ3) is 13.0. The summed E-state index contributed by atoms with van der Waals surface area (Å²) >= 11 is 0. The summed E-state index contributed by atoms with van der Waals surface area (Å²) in [6.45, 7) is 3.33. The molecule has 0 bridgehead atoms. The molecular weight excluding hydrogens is 198 g/mol. The lowest BCUT2D eigenvalue weighted by Gasteiger charge is -2.02. The molecule has 0 amide bonds. The highest BCUT2D eigenvalue weighted by atomic mass is 16.5. The van der Waals surface area contributed by atoms with Crippen molar-refractivity contribution >= 4 is 26.9 Å². The van der Waals surface area contributed by atoms with E-state index in [0.717, 1.165) is 0 Å². The normalized spacial score (nSPS) is 9.20. The van der Waals surface area contributed by atoms with Crippen molar-refractivity contribution in [1.82, 2.24) is 0 Å². The first kappa shape index (κ1) is 14.0. The van der Waals surface area contributed by atoms with Crippen molar-refractivity contribution in [2.75, 3.05) is 13.2 Å². The largest absolute Gasteiger partial charge is 0.506 e. The lowest BCUT2D eigenvalue weighted by Crippen LogP contribution is -2.10. The Bertz CT molecular complexity index is 177. The molecule has 0 aromatic carbocycles. The van der Waals surface area contributed by atoms with Crippen LogP contribution in [0, 0.1) is 0 Å². The highest BCUT2D eigenvalue weighted by Gasteiger charge is 1.98. The molecule has 7 heteroatoms. The molecule has 0 aliphatic rings. The Hall–Kier alpha value is -0.970. The molecule has 82 valence electrons. The van der Waals surface area contributed by atoms with Gasteiger partial charge in [0.15, 0.2) is 0 Å². The Morgan fingerprint density at radius 2 is 1.33 bits per heavy atom. The van der Waals surface area contributed by atoms with E-state index in [4.69, 9.17) is 4.57 Å². The standard InChI is InChI=1S/C8H14B2O5/c1-7(11)13-5-3-9-15-10-4-6-14-8(2)12/h3-6H2,1-2H3. The van der Waals surface area contributed by atoms with Crippen LogP contribution in [-0.2, 0) is 23.6 Å². The van der Waals surface area contributed by atoms with Gasteiger partial charge in [-0.1, -0.05) is 0 Å². The Labute approximate surface area is 91.0 Å². The molecule has 0 spiro atoms. The third-order valence-corrected chi connectivity index (χ3v) is 1.27. The summed E-state index contributed by atoms with van der Waals surface area (Å²) in [6, 6.07) is 0. The van der Waals surface area contributed by atoms with Crippen molar-refractivity contribution in [1.29, 1.82) is 0 Å². The van der Waals surface area contributed by atoms with Gasteiger partial charge in [0, 0.05) is 13.8 Å². The van der Waals surface area contributed by atoms with Crippen LogP contribution in [0.5, 0.6) is 0 Å². The van der Waals surface area contributed by atoms with Crippen LogP contribution in [0.1, 0.15) is 13.8 Å². The summed E-state index contributed by atoms with van der Waals surface area (Å²) in [6.07, 6.45) is 1.06. The molecule has 0 aliphatic heterocycles. The van der Waals surface area contributed by atoms with Crippen LogP contribution in [0.4, 0.5) is 0 Å². The minimum Gasteiger partial charge on any atom is -0.506 e. The second-order valence-electron chi connectivity index (χ2n) is 2.73. The second kappa shape index (κ2) is 9.58. The predicted octanol–water partition coefficient (Wildman–Crippen LogP) is 0.204. The molecule has 0 rings (SSSR count). The maximum atomic E-state index is 10.3. The molecule has 0 aromatic heterocycles. The van der Waals surface area contributed by atoms with Crippen LogP contribution in [0.3, 0.4) is 0 Å². The second-order valence-corrected chi connectivity index (χ2v) is 2.73. The summed E-state index contributed by atoms with van der Waals surface area (Å²) in [5.41, 5.74) is 0. The summed E-state index contributed by atoms with van der Waals surface area (Å²) in [4.78, 5) is 20.7. The summed E-state index contributed by atoms with van der Waals surface area (Å²) < 4.78 is 14.3.